The standard InChI is InChI=1S/C14H26O/c1-5-6-12(9-13-8-11(13)4)14(15)7-10(2)3/h10-13H,5-9H2,1-4H3. The van der Waals surface area contributed by atoms with Crippen LogP contribution in [0.1, 0.15) is 59.8 Å². The molecule has 1 rings (SSSR count). The fraction of sp³-hybridized carbons (Fsp3) is 0.929. The number of rotatable bonds is 7. The Morgan fingerprint density at radius 1 is 1.40 bits per heavy atom. The largest absolute Gasteiger partial charge is 0.299 e. The third-order valence-corrected chi connectivity index (χ3v) is 3.57. The molecule has 0 N–H and O–H groups in total. The first-order valence-electron chi connectivity index (χ1n) is 6.57. The molecule has 1 aliphatic carbocycles. The van der Waals surface area contributed by atoms with Gasteiger partial charge in [-0.05, 0) is 37.0 Å². The van der Waals surface area contributed by atoms with Crippen LogP contribution in [0.2, 0.25) is 0 Å². The lowest BCUT2D eigenvalue weighted by Gasteiger charge is -2.16. The first-order valence-corrected chi connectivity index (χ1v) is 6.57. The number of Topliss-reactive ketones (excluding diaryl/α,β-unsaturated/α-hetero) is 1. The fourth-order valence-corrected chi connectivity index (χ4v) is 2.42. The van der Waals surface area contributed by atoms with Crippen LogP contribution in [0.5, 0.6) is 0 Å². The molecule has 3 unspecified atom stereocenters. The molecule has 1 aliphatic rings. The Morgan fingerprint density at radius 3 is 2.40 bits per heavy atom. The highest BCUT2D eigenvalue weighted by atomic mass is 16.1. The van der Waals surface area contributed by atoms with E-state index in [0.29, 0.717) is 17.6 Å². The van der Waals surface area contributed by atoms with Gasteiger partial charge < -0.3 is 0 Å². The number of hydrogen-bond acceptors (Lipinski definition) is 1. The van der Waals surface area contributed by atoms with E-state index in [2.05, 4.69) is 27.7 Å². The molecular weight excluding hydrogens is 184 g/mol. The molecule has 0 radical (unpaired) electrons. The van der Waals surface area contributed by atoms with Crippen molar-refractivity contribution < 1.29 is 4.79 Å². The van der Waals surface area contributed by atoms with Crippen LogP contribution in [0.4, 0.5) is 0 Å². The maximum atomic E-state index is 12.0. The second-order valence-electron chi connectivity index (χ2n) is 5.76. The number of carbonyl (C=O) groups is 1. The summed E-state index contributed by atoms with van der Waals surface area (Å²) in [7, 11) is 0. The van der Waals surface area contributed by atoms with Crippen LogP contribution in [-0.4, -0.2) is 5.78 Å². The van der Waals surface area contributed by atoms with Gasteiger partial charge in [0.15, 0.2) is 0 Å². The molecule has 0 amide bonds. The highest BCUT2D eigenvalue weighted by molar-refractivity contribution is 5.81. The minimum Gasteiger partial charge on any atom is -0.299 e. The maximum Gasteiger partial charge on any atom is 0.136 e. The van der Waals surface area contributed by atoms with Crippen molar-refractivity contribution in [2.75, 3.05) is 0 Å². The summed E-state index contributed by atoms with van der Waals surface area (Å²) in [5.41, 5.74) is 0. The summed E-state index contributed by atoms with van der Waals surface area (Å²) in [5.74, 6) is 3.15. The summed E-state index contributed by atoms with van der Waals surface area (Å²) in [6.45, 7) is 8.77. The van der Waals surface area contributed by atoms with Crippen LogP contribution in [0, 0.1) is 23.7 Å². The Balaban J connectivity index is 2.37. The van der Waals surface area contributed by atoms with Crippen molar-refractivity contribution in [3.05, 3.63) is 0 Å². The summed E-state index contributed by atoms with van der Waals surface area (Å²) >= 11 is 0. The van der Waals surface area contributed by atoms with Gasteiger partial charge in [-0.25, -0.2) is 0 Å². The summed E-state index contributed by atoms with van der Waals surface area (Å²) in [6, 6.07) is 0. The first-order chi connectivity index (χ1) is 7.04. The summed E-state index contributed by atoms with van der Waals surface area (Å²) in [5, 5.41) is 0. The van der Waals surface area contributed by atoms with Crippen molar-refractivity contribution in [1.29, 1.82) is 0 Å². The molecule has 0 spiro atoms. The van der Waals surface area contributed by atoms with Gasteiger partial charge in [0, 0.05) is 12.3 Å². The Labute approximate surface area is 94.6 Å². The van der Waals surface area contributed by atoms with E-state index in [9.17, 15) is 4.79 Å². The van der Waals surface area contributed by atoms with Crippen LogP contribution in [0.25, 0.3) is 0 Å². The Kier molecular flexibility index (Phi) is 4.82. The lowest BCUT2D eigenvalue weighted by Crippen LogP contribution is -2.17. The minimum absolute atomic E-state index is 0.368. The van der Waals surface area contributed by atoms with Crippen LogP contribution < -0.4 is 0 Å². The van der Waals surface area contributed by atoms with E-state index in [-0.39, 0.29) is 0 Å². The third kappa shape index (κ3) is 4.36. The molecule has 0 aromatic heterocycles. The fourth-order valence-electron chi connectivity index (χ4n) is 2.42. The molecule has 0 aliphatic heterocycles. The second kappa shape index (κ2) is 5.67. The van der Waals surface area contributed by atoms with Crippen LogP contribution >= 0.6 is 0 Å². The maximum absolute atomic E-state index is 12.0. The first kappa shape index (κ1) is 12.7. The van der Waals surface area contributed by atoms with Gasteiger partial charge in [-0.2, -0.15) is 0 Å². The molecule has 88 valence electrons. The molecule has 0 aromatic rings. The monoisotopic (exact) mass is 210 g/mol. The van der Waals surface area contributed by atoms with Crippen molar-refractivity contribution in [3.8, 4) is 0 Å². The molecule has 0 saturated heterocycles. The van der Waals surface area contributed by atoms with Crippen molar-refractivity contribution in [2.24, 2.45) is 23.7 Å². The zero-order chi connectivity index (χ0) is 11.4. The average molecular weight is 210 g/mol. The van der Waals surface area contributed by atoms with E-state index < -0.39 is 0 Å². The molecule has 0 bridgehead atoms. The van der Waals surface area contributed by atoms with E-state index in [1.54, 1.807) is 0 Å². The lowest BCUT2D eigenvalue weighted by atomic mass is 9.88. The number of carbonyl (C=O) groups excluding carboxylic acids is 1. The van der Waals surface area contributed by atoms with Gasteiger partial charge in [-0.3, -0.25) is 4.79 Å². The second-order valence-corrected chi connectivity index (χ2v) is 5.76. The highest BCUT2D eigenvalue weighted by Gasteiger charge is 2.35. The van der Waals surface area contributed by atoms with Crippen LogP contribution in [0.15, 0.2) is 0 Å². The molecule has 0 heterocycles. The van der Waals surface area contributed by atoms with Gasteiger partial charge in [-0.1, -0.05) is 34.1 Å². The summed E-state index contributed by atoms with van der Waals surface area (Å²) in [4.78, 5) is 12.0. The Morgan fingerprint density at radius 2 is 2.00 bits per heavy atom. The Hall–Kier alpha value is -0.330. The van der Waals surface area contributed by atoms with Crippen LogP contribution in [0.3, 0.4) is 0 Å². The van der Waals surface area contributed by atoms with Gasteiger partial charge in [0.1, 0.15) is 5.78 Å². The van der Waals surface area contributed by atoms with Crippen LogP contribution in [-0.2, 0) is 4.79 Å². The minimum atomic E-state index is 0.368. The van der Waals surface area contributed by atoms with Gasteiger partial charge in [0.2, 0.25) is 0 Å². The number of ketones is 1. The quantitative estimate of drug-likeness (QED) is 0.619. The lowest BCUT2D eigenvalue weighted by molar-refractivity contribution is -0.124. The van der Waals surface area contributed by atoms with E-state index in [4.69, 9.17) is 0 Å². The SMILES string of the molecule is CCCC(CC1CC1C)C(=O)CC(C)C. The normalized spacial score (nSPS) is 26.7. The summed E-state index contributed by atoms with van der Waals surface area (Å²) in [6.07, 6.45) is 5.56. The Bertz CT molecular complexity index is 207. The average Bonchev–Trinajstić information content (AvgIpc) is 2.80. The van der Waals surface area contributed by atoms with Gasteiger partial charge in [0.25, 0.3) is 0 Å². The van der Waals surface area contributed by atoms with Gasteiger partial charge >= 0.3 is 0 Å². The molecule has 3 atom stereocenters. The molecule has 1 nitrogen and oxygen atoms in total. The van der Waals surface area contributed by atoms with Crippen molar-refractivity contribution in [2.45, 2.75) is 59.8 Å². The topological polar surface area (TPSA) is 17.1 Å². The molecule has 1 saturated carbocycles. The zero-order valence-electron chi connectivity index (χ0n) is 10.8. The van der Waals surface area contributed by atoms with Crippen molar-refractivity contribution in [1.82, 2.24) is 0 Å². The molecule has 15 heavy (non-hydrogen) atoms. The molecule has 0 aromatic carbocycles. The molecule has 1 heteroatoms. The molecule has 1 fully saturated rings. The van der Waals surface area contributed by atoms with Crippen molar-refractivity contribution >= 4 is 5.78 Å². The predicted octanol–water partition coefficient (Wildman–Crippen LogP) is 4.06. The van der Waals surface area contributed by atoms with E-state index in [0.717, 1.165) is 31.1 Å². The van der Waals surface area contributed by atoms with E-state index >= 15 is 0 Å². The van der Waals surface area contributed by atoms with E-state index in [1.165, 1.54) is 12.8 Å². The highest BCUT2D eigenvalue weighted by Crippen LogP contribution is 2.43. The van der Waals surface area contributed by atoms with Gasteiger partial charge in [0.05, 0.1) is 0 Å². The smallest absolute Gasteiger partial charge is 0.136 e. The predicted molar refractivity (Wildman–Crippen MR) is 64.7 cm³/mol. The molecular formula is C14H26O. The third-order valence-electron chi connectivity index (χ3n) is 3.57. The van der Waals surface area contributed by atoms with Crippen molar-refractivity contribution in [3.63, 3.8) is 0 Å². The zero-order valence-corrected chi connectivity index (χ0v) is 10.8. The van der Waals surface area contributed by atoms with Gasteiger partial charge in [-0.15, -0.1) is 0 Å². The number of hydrogen-bond donors (Lipinski definition) is 0. The van der Waals surface area contributed by atoms with E-state index in [1.807, 2.05) is 0 Å². The summed E-state index contributed by atoms with van der Waals surface area (Å²) < 4.78 is 0.